The second-order valence-electron chi connectivity index (χ2n) is 10.00. The maximum atomic E-state index is 13.4. The molecule has 0 spiro atoms. The lowest BCUT2D eigenvalue weighted by Crippen LogP contribution is -2.30. The summed E-state index contributed by atoms with van der Waals surface area (Å²) in [5.41, 5.74) is 3.36. The molecule has 44 heavy (non-hydrogen) atoms. The quantitative estimate of drug-likeness (QED) is 0.135. The van der Waals surface area contributed by atoms with Crippen LogP contribution < -0.4 is 20.7 Å². The number of carbonyl (C=O) groups excluding carboxylic acids is 3. The molecule has 10 heteroatoms. The van der Waals surface area contributed by atoms with Crippen molar-refractivity contribution in [2.45, 2.75) is 30.6 Å². The van der Waals surface area contributed by atoms with Crippen LogP contribution in [0.15, 0.2) is 89.5 Å². The molecule has 0 bridgehead atoms. The lowest BCUT2D eigenvalue weighted by Gasteiger charge is -2.12. The topological polar surface area (TPSA) is 120 Å². The van der Waals surface area contributed by atoms with E-state index in [1.54, 1.807) is 79.9 Å². The SMILES string of the molecule is COc1ccc(/C=C(/NC(=O)c2ccccc2)C(=O)Nc2cccc(SCC(=O)Nc3sc4c(c3C#N)CCCC4)c2)cc1. The number of fused-ring (bicyclic) bond motifs is 1. The van der Waals surface area contributed by atoms with E-state index < -0.39 is 11.8 Å². The molecule has 1 aromatic heterocycles. The number of ether oxygens (including phenoxy) is 1. The number of hydrogen-bond acceptors (Lipinski definition) is 7. The molecule has 0 unspecified atom stereocenters. The Hall–Kier alpha value is -4.85. The number of hydrogen-bond donors (Lipinski definition) is 3. The van der Waals surface area contributed by atoms with Gasteiger partial charge in [0, 0.05) is 21.0 Å². The summed E-state index contributed by atoms with van der Waals surface area (Å²) in [4.78, 5) is 41.1. The van der Waals surface area contributed by atoms with Gasteiger partial charge in [-0.1, -0.05) is 36.4 Å². The van der Waals surface area contributed by atoms with Gasteiger partial charge in [-0.15, -0.1) is 23.1 Å². The third-order valence-corrected chi connectivity index (χ3v) is 9.15. The number of rotatable bonds is 10. The number of methoxy groups -OCH3 is 1. The van der Waals surface area contributed by atoms with E-state index >= 15 is 0 Å². The Balaban J connectivity index is 1.26. The van der Waals surface area contributed by atoms with Crippen LogP contribution in [-0.2, 0) is 22.4 Å². The third kappa shape index (κ3) is 7.75. The van der Waals surface area contributed by atoms with Gasteiger partial charge < -0.3 is 20.7 Å². The minimum Gasteiger partial charge on any atom is -0.497 e. The molecule has 0 saturated heterocycles. The van der Waals surface area contributed by atoms with Crippen LogP contribution in [0.5, 0.6) is 5.75 Å². The largest absolute Gasteiger partial charge is 0.497 e. The van der Waals surface area contributed by atoms with E-state index in [2.05, 4.69) is 22.0 Å². The van der Waals surface area contributed by atoms with E-state index in [9.17, 15) is 19.6 Å². The molecule has 3 N–H and O–H groups in total. The fraction of sp³-hybridized carbons (Fsp3) is 0.176. The Morgan fingerprint density at radius 2 is 1.75 bits per heavy atom. The highest BCUT2D eigenvalue weighted by Gasteiger charge is 2.22. The van der Waals surface area contributed by atoms with Crippen LogP contribution in [0.25, 0.3) is 6.08 Å². The first-order chi connectivity index (χ1) is 21.4. The first-order valence-electron chi connectivity index (χ1n) is 14.0. The molecule has 0 aliphatic heterocycles. The van der Waals surface area contributed by atoms with Crippen molar-refractivity contribution in [2.24, 2.45) is 0 Å². The van der Waals surface area contributed by atoms with E-state index in [0.717, 1.165) is 36.1 Å². The van der Waals surface area contributed by atoms with Crippen molar-refractivity contribution in [3.63, 3.8) is 0 Å². The maximum absolute atomic E-state index is 13.4. The summed E-state index contributed by atoms with van der Waals surface area (Å²) in [5.74, 6) is -0.310. The number of thiophene rings is 1. The fourth-order valence-electron chi connectivity index (χ4n) is 4.76. The summed E-state index contributed by atoms with van der Waals surface area (Å²) in [6.07, 6.45) is 5.59. The van der Waals surface area contributed by atoms with Crippen molar-refractivity contribution in [1.82, 2.24) is 5.32 Å². The molecular weight excluding hydrogens is 593 g/mol. The Morgan fingerprint density at radius 1 is 0.977 bits per heavy atom. The molecular formula is C34H30N4O4S2. The van der Waals surface area contributed by atoms with Crippen molar-refractivity contribution in [1.29, 1.82) is 5.26 Å². The zero-order valence-electron chi connectivity index (χ0n) is 24.0. The maximum Gasteiger partial charge on any atom is 0.272 e. The summed E-state index contributed by atoms with van der Waals surface area (Å²) in [6.45, 7) is 0. The first kappa shape index (κ1) is 30.6. The highest BCUT2D eigenvalue weighted by atomic mass is 32.2. The lowest BCUT2D eigenvalue weighted by atomic mass is 9.96. The Labute approximate surface area is 264 Å². The predicted octanol–water partition coefficient (Wildman–Crippen LogP) is 6.65. The number of carbonyl (C=O) groups is 3. The van der Waals surface area contributed by atoms with E-state index in [1.807, 2.05) is 12.1 Å². The summed E-state index contributed by atoms with van der Waals surface area (Å²) >= 11 is 2.82. The summed E-state index contributed by atoms with van der Waals surface area (Å²) in [7, 11) is 1.57. The zero-order chi connectivity index (χ0) is 30.9. The number of amides is 3. The molecule has 0 radical (unpaired) electrons. The Bertz CT molecular complexity index is 1740. The van der Waals surface area contributed by atoms with E-state index in [0.29, 0.717) is 33.1 Å². The highest BCUT2D eigenvalue weighted by molar-refractivity contribution is 8.00. The molecule has 3 amide bonds. The number of nitrogens with one attached hydrogen (secondary N) is 3. The Kier molecular flexibility index (Phi) is 10.1. The van der Waals surface area contributed by atoms with Crippen molar-refractivity contribution >= 4 is 57.6 Å². The van der Waals surface area contributed by atoms with Crippen LogP contribution in [0.2, 0.25) is 0 Å². The lowest BCUT2D eigenvalue weighted by molar-refractivity contribution is -0.114. The summed E-state index contributed by atoms with van der Waals surface area (Å²) in [5, 5.41) is 18.8. The molecule has 4 aromatic rings. The second-order valence-corrected chi connectivity index (χ2v) is 12.2. The molecule has 1 heterocycles. The summed E-state index contributed by atoms with van der Waals surface area (Å²) in [6, 6.07) is 25.2. The van der Waals surface area contributed by atoms with Gasteiger partial charge in [0.2, 0.25) is 5.91 Å². The zero-order valence-corrected chi connectivity index (χ0v) is 25.6. The smallest absolute Gasteiger partial charge is 0.272 e. The Morgan fingerprint density at radius 3 is 2.50 bits per heavy atom. The van der Waals surface area contributed by atoms with Crippen molar-refractivity contribution < 1.29 is 19.1 Å². The monoisotopic (exact) mass is 622 g/mol. The first-order valence-corrected chi connectivity index (χ1v) is 15.8. The second kappa shape index (κ2) is 14.6. The van der Waals surface area contributed by atoms with Crippen molar-refractivity contribution in [3.8, 4) is 11.8 Å². The highest BCUT2D eigenvalue weighted by Crippen LogP contribution is 2.37. The summed E-state index contributed by atoms with van der Waals surface area (Å²) < 4.78 is 5.22. The van der Waals surface area contributed by atoms with Gasteiger partial charge in [0.05, 0.1) is 18.4 Å². The van der Waals surface area contributed by atoms with Crippen LogP contribution in [0.4, 0.5) is 10.7 Å². The van der Waals surface area contributed by atoms with E-state index in [-0.39, 0.29) is 17.4 Å². The van der Waals surface area contributed by atoms with Gasteiger partial charge in [0.15, 0.2) is 0 Å². The molecule has 0 saturated carbocycles. The molecule has 0 atom stereocenters. The average molecular weight is 623 g/mol. The number of aryl methyl sites for hydroxylation is 1. The van der Waals surface area contributed by atoms with Crippen LogP contribution in [-0.4, -0.2) is 30.6 Å². The molecule has 0 fully saturated rings. The normalized spacial score (nSPS) is 12.4. The van der Waals surface area contributed by atoms with Crippen LogP contribution in [0.1, 0.15) is 44.8 Å². The van der Waals surface area contributed by atoms with Gasteiger partial charge in [0.25, 0.3) is 11.8 Å². The van der Waals surface area contributed by atoms with Gasteiger partial charge in [-0.2, -0.15) is 5.26 Å². The molecule has 1 aliphatic carbocycles. The number of nitrogens with zero attached hydrogens (tertiary/aromatic N) is 1. The number of thioether (sulfide) groups is 1. The minimum atomic E-state index is -0.504. The number of nitriles is 1. The van der Waals surface area contributed by atoms with Gasteiger partial charge in [-0.3, -0.25) is 14.4 Å². The fourth-order valence-corrected chi connectivity index (χ4v) is 6.77. The van der Waals surface area contributed by atoms with Crippen LogP contribution in [0, 0.1) is 11.3 Å². The average Bonchev–Trinajstić information content (AvgIpc) is 3.41. The molecule has 222 valence electrons. The van der Waals surface area contributed by atoms with Gasteiger partial charge in [0.1, 0.15) is 22.5 Å². The van der Waals surface area contributed by atoms with Crippen LogP contribution >= 0.6 is 23.1 Å². The third-order valence-electron chi connectivity index (χ3n) is 6.95. The number of benzene rings is 3. The van der Waals surface area contributed by atoms with Crippen molar-refractivity contribution in [3.05, 3.63) is 112 Å². The number of anilines is 2. The minimum absolute atomic E-state index is 0.0633. The van der Waals surface area contributed by atoms with Gasteiger partial charge >= 0.3 is 0 Å². The molecule has 5 rings (SSSR count). The van der Waals surface area contributed by atoms with E-state index in [4.69, 9.17) is 4.74 Å². The van der Waals surface area contributed by atoms with Gasteiger partial charge in [-0.25, -0.2) is 0 Å². The standard InChI is InChI=1S/C34H30N4O4S2/c1-42-25-16-14-22(15-17-25)18-29(37-32(40)23-8-3-2-4-9-23)33(41)36-24-10-7-11-26(19-24)43-21-31(39)38-34-28(20-35)27-12-5-6-13-30(27)44-34/h2-4,7-11,14-19H,5-6,12-13,21H2,1H3,(H,36,41)(H,37,40)(H,38,39)/b29-18+. The molecule has 1 aliphatic rings. The van der Waals surface area contributed by atoms with Crippen molar-refractivity contribution in [2.75, 3.05) is 23.5 Å². The van der Waals surface area contributed by atoms with Gasteiger partial charge in [-0.05, 0) is 85.4 Å². The molecule has 8 nitrogen and oxygen atoms in total. The van der Waals surface area contributed by atoms with E-state index in [1.165, 1.54) is 28.0 Å². The molecule has 3 aromatic carbocycles. The predicted molar refractivity (Wildman–Crippen MR) is 175 cm³/mol. The van der Waals surface area contributed by atoms with Crippen LogP contribution in [0.3, 0.4) is 0 Å².